The molecule has 1 N–H and O–H groups in total. The van der Waals surface area contributed by atoms with E-state index in [0.717, 1.165) is 10.7 Å². The van der Waals surface area contributed by atoms with Crippen LogP contribution < -0.4 is 10.1 Å². The Kier molecular flexibility index (Phi) is 5.19. The second-order valence-electron chi connectivity index (χ2n) is 6.20. The first-order valence-corrected chi connectivity index (χ1v) is 10.6. The summed E-state index contributed by atoms with van der Waals surface area (Å²) >= 11 is 2.99. The van der Waals surface area contributed by atoms with Gasteiger partial charge in [0, 0.05) is 12.1 Å². The Morgan fingerprint density at radius 2 is 2.25 bits per heavy atom. The summed E-state index contributed by atoms with van der Waals surface area (Å²) < 4.78 is 7.36. The molecule has 3 heterocycles. The van der Waals surface area contributed by atoms with Crippen LogP contribution in [-0.2, 0) is 11.3 Å². The van der Waals surface area contributed by atoms with Crippen LogP contribution in [0.4, 0.5) is 5.69 Å². The fourth-order valence-corrected chi connectivity index (χ4v) is 4.64. The number of fused-ring (bicyclic) bond motifs is 1. The summed E-state index contributed by atoms with van der Waals surface area (Å²) in [6.45, 7) is 4.59. The van der Waals surface area contributed by atoms with E-state index in [-0.39, 0.29) is 23.5 Å². The molecule has 0 saturated carbocycles. The first kappa shape index (κ1) is 18.7. The third kappa shape index (κ3) is 3.55. The van der Waals surface area contributed by atoms with E-state index in [9.17, 15) is 9.59 Å². The number of carbonyl (C=O) groups excluding carboxylic acids is 2. The van der Waals surface area contributed by atoms with Gasteiger partial charge in [0.2, 0.25) is 0 Å². The number of hydrogen-bond donors (Lipinski definition) is 1. The number of aromatic nitrogens is 3. The van der Waals surface area contributed by atoms with Gasteiger partial charge in [0.05, 0.1) is 15.8 Å². The van der Waals surface area contributed by atoms with E-state index >= 15 is 0 Å². The maximum Gasteiger partial charge on any atom is 0.262 e. The zero-order chi connectivity index (χ0) is 19.7. The molecule has 1 atom stereocenters. The largest absolute Gasteiger partial charge is 0.482 e. The maximum atomic E-state index is 12.9. The number of nitrogens with one attached hydrogen (secondary N) is 1. The molecule has 2 aromatic heterocycles. The Morgan fingerprint density at radius 3 is 3.00 bits per heavy atom. The predicted octanol–water partition coefficient (Wildman–Crippen LogP) is 3.72. The summed E-state index contributed by atoms with van der Waals surface area (Å²) in [7, 11) is 0. The Hall–Kier alpha value is -2.65. The zero-order valence-corrected chi connectivity index (χ0v) is 17.0. The molecule has 1 amide bonds. The van der Waals surface area contributed by atoms with Crippen molar-refractivity contribution in [2.75, 3.05) is 11.9 Å². The fourth-order valence-electron chi connectivity index (χ4n) is 2.93. The minimum absolute atomic E-state index is 0.00814. The number of nitrogens with zero attached hydrogens (tertiary/aromatic N) is 3. The number of rotatable bonds is 6. The zero-order valence-electron chi connectivity index (χ0n) is 15.3. The predicted molar refractivity (Wildman–Crippen MR) is 109 cm³/mol. The topological polar surface area (TPSA) is 86.1 Å². The van der Waals surface area contributed by atoms with Gasteiger partial charge in [0.25, 0.3) is 5.91 Å². The van der Waals surface area contributed by atoms with Crippen molar-refractivity contribution >= 4 is 40.5 Å². The highest BCUT2D eigenvalue weighted by Gasteiger charge is 2.24. The van der Waals surface area contributed by atoms with Crippen molar-refractivity contribution in [2.45, 2.75) is 30.8 Å². The molecule has 0 radical (unpaired) electrons. The number of hydrogen-bond acceptors (Lipinski definition) is 7. The average molecular weight is 415 g/mol. The van der Waals surface area contributed by atoms with Gasteiger partial charge in [-0.25, -0.2) is 0 Å². The van der Waals surface area contributed by atoms with E-state index in [1.54, 1.807) is 29.5 Å². The monoisotopic (exact) mass is 414 g/mol. The van der Waals surface area contributed by atoms with Crippen molar-refractivity contribution in [3.8, 4) is 16.5 Å². The van der Waals surface area contributed by atoms with E-state index < -0.39 is 0 Å². The van der Waals surface area contributed by atoms with Gasteiger partial charge in [0.15, 0.2) is 23.4 Å². The molecule has 0 aliphatic carbocycles. The molecule has 0 spiro atoms. The van der Waals surface area contributed by atoms with Crippen LogP contribution in [0.1, 0.15) is 24.2 Å². The van der Waals surface area contributed by atoms with Crippen LogP contribution in [0.2, 0.25) is 0 Å². The molecule has 1 aliphatic heterocycles. The van der Waals surface area contributed by atoms with Gasteiger partial charge in [-0.2, -0.15) is 0 Å². The van der Waals surface area contributed by atoms with Crippen LogP contribution in [0.25, 0.3) is 10.7 Å². The molecular formula is C19H18N4O3S2. The van der Waals surface area contributed by atoms with Crippen molar-refractivity contribution in [3.05, 3.63) is 41.3 Å². The first-order valence-electron chi connectivity index (χ1n) is 8.81. The summed E-state index contributed by atoms with van der Waals surface area (Å²) in [5, 5.41) is 13.7. The molecule has 1 unspecified atom stereocenters. The van der Waals surface area contributed by atoms with Gasteiger partial charge in [0.1, 0.15) is 5.75 Å². The SMILES string of the molecule is CCn1c(SC(C)C(=O)c2ccc3c(c2)NC(=O)CO3)nnc1-c1cccs1. The van der Waals surface area contributed by atoms with Gasteiger partial charge in [-0.05, 0) is 43.5 Å². The van der Waals surface area contributed by atoms with Crippen LogP contribution in [0.5, 0.6) is 5.75 Å². The number of carbonyl (C=O) groups is 2. The second kappa shape index (κ2) is 7.76. The number of Topliss-reactive ketones (excluding diaryl/α,β-unsaturated/α-hetero) is 1. The smallest absolute Gasteiger partial charge is 0.262 e. The van der Waals surface area contributed by atoms with Gasteiger partial charge < -0.3 is 14.6 Å². The molecule has 0 fully saturated rings. The summed E-state index contributed by atoms with van der Waals surface area (Å²) in [6.07, 6.45) is 0. The van der Waals surface area contributed by atoms with Gasteiger partial charge in [-0.1, -0.05) is 17.8 Å². The van der Waals surface area contributed by atoms with E-state index in [1.165, 1.54) is 11.8 Å². The second-order valence-corrected chi connectivity index (χ2v) is 8.46. The fraction of sp³-hybridized carbons (Fsp3) is 0.263. The molecule has 144 valence electrons. The molecule has 0 bridgehead atoms. The third-order valence-electron chi connectivity index (χ3n) is 4.32. The third-order valence-corrected chi connectivity index (χ3v) is 6.27. The van der Waals surface area contributed by atoms with Crippen LogP contribution in [0.3, 0.4) is 0 Å². The van der Waals surface area contributed by atoms with E-state index in [2.05, 4.69) is 15.5 Å². The Balaban J connectivity index is 1.54. The van der Waals surface area contributed by atoms with Crippen LogP contribution in [-0.4, -0.2) is 38.3 Å². The normalized spacial score (nSPS) is 14.1. The number of thioether (sulfide) groups is 1. The van der Waals surface area contributed by atoms with E-state index in [1.807, 2.05) is 35.9 Å². The standard InChI is InChI=1S/C19H18N4O3S2/c1-3-23-18(15-5-4-8-27-15)21-22-19(23)28-11(2)17(25)12-6-7-14-13(9-12)20-16(24)10-26-14/h4-9,11H,3,10H2,1-2H3,(H,20,24). The van der Waals surface area contributed by atoms with Crippen molar-refractivity contribution in [1.82, 2.24) is 14.8 Å². The molecule has 4 rings (SSSR count). The van der Waals surface area contributed by atoms with E-state index in [4.69, 9.17) is 4.74 Å². The molecule has 3 aromatic rings. The number of anilines is 1. The summed E-state index contributed by atoms with van der Waals surface area (Å²) in [6, 6.07) is 9.08. The minimum atomic E-state index is -0.357. The number of thiophene rings is 1. The lowest BCUT2D eigenvalue weighted by Gasteiger charge is -2.19. The number of ketones is 1. The Labute approximate surface area is 170 Å². The Bertz CT molecular complexity index is 1030. The Morgan fingerprint density at radius 1 is 1.39 bits per heavy atom. The first-order chi connectivity index (χ1) is 13.6. The van der Waals surface area contributed by atoms with Crippen molar-refractivity contribution in [1.29, 1.82) is 0 Å². The molecule has 7 nitrogen and oxygen atoms in total. The summed E-state index contributed by atoms with van der Waals surface area (Å²) in [5.74, 6) is 1.11. The quantitative estimate of drug-likeness (QED) is 0.489. The van der Waals surface area contributed by atoms with Gasteiger partial charge >= 0.3 is 0 Å². The number of ether oxygens (including phenoxy) is 1. The average Bonchev–Trinajstić information content (AvgIpc) is 3.36. The lowest BCUT2D eigenvalue weighted by Crippen LogP contribution is -2.25. The van der Waals surface area contributed by atoms with Gasteiger partial charge in [-0.15, -0.1) is 21.5 Å². The lowest BCUT2D eigenvalue weighted by molar-refractivity contribution is -0.118. The summed E-state index contributed by atoms with van der Waals surface area (Å²) in [5.41, 5.74) is 1.04. The molecule has 28 heavy (non-hydrogen) atoms. The molecule has 0 saturated heterocycles. The summed E-state index contributed by atoms with van der Waals surface area (Å²) in [4.78, 5) is 25.5. The molecule has 1 aromatic carbocycles. The van der Waals surface area contributed by atoms with Crippen molar-refractivity contribution in [2.24, 2.45) is 0 Å². The minimum Gasteiger partial charge on any atom is -0.482 e. The number of benzene rings is 1. The number of amides is 1. The van der Waals surface area contributed by atoms with Crippen LogP contribution in [0.15, 0.2) is 40.9 Å². The lowest BCUT2D eigenvalue weighted by atomic mass is 10.1. The van der Waals surface area contributed by atoms with Crippen LogP contribution >= 0.6 is 23.1 Å². The molecule has 1 aliphatic rings. The molecule has 9 heteroatoms. The van der Waals surface area contributed by atoms with Gasteiger partial charge in [-0.3, -0.25) is 9.59 Å². The van der Waals surface area contributed by atoms with Crippen molar-refractivity contribution < 1.29 is 14.3 Å². The highest BCUT2D eigenvalue weighted by molar-refractivity contribution is 8.00. The highest BCUT2D eigenvalue weighted by atomic mass is 32.2. The molecular weight excluding hydrogens is 396 g/mol. The highest BCUT2D eigenvalue weighted by Crippen LogP contribution is 2.32. The maximum absolute atomic E-state index is 12.9. The van der Waals surface area contributed by atoms with E-state index in [0.29, 0.717) is 28.7 Å². The van der Waals surface area contributed by atoms with Crippen molar-refractivity contribution in [3.63, 3.8) is 0 Å². The van der Waals surface area contributed by atoms with Crippen LogP contribution in [0, 0.1) is 0 Å².